The predicted molar refractivity (Wildman–Crippen MR) is 112 cm³/mol. The van der Waals surface area contributed by atoms with Gasteiger partial charge in [0.1, 0.15) is 6.04 Å². The minimum absolute atomic E-state index is 0.187. The number of nitrogens with zero attached hydrogens (tertiary/aromatic N) is 2. The summed E-state index contributed by atoms with van der Waals surface area (Å²) >= 11 is 0. The summed E-state index contributed by atoms with van der Waals surface area (Å²) in [6, 6.07) is 7.75. The first-order valence-corrected chi connectivity index (χ1v) is 12.0. The van der Waals surface area contributed by atoms with E-state index in [9.17, 15) is 13.2 Å². The highest BCUT2D eigenvalue weighted by atomic mass is 32.2. The molecule has 29 heavy (non-hydrogen) atoms. The number of ether oxygens (including phenoxy) is 1. The van der Waals surface area contributed by atoms with Gasteiger partial charge in [0.05, 0.1) is 17.1 Å². The molecule has 0 aliphatic carbocycles. The molecule has 3 atom stereocenters. The minimum atomic E-state index is -3.67. The first-order valence-electron chi connectivity index (χ1n) is 10.6. The molecule has 2 aliphatic heterocycles. The maximum absolute atomic E-state index is 13.0. The lowest BCUT2D eigenvalue weighted by molar-refractivity contribution is -0.125. The second-order valence-electron chi connectivity index (χ2n) is 8.10. The number of amides is 1. The molecule has 2 fully saturated rings. The predicted octanol–water partition coefficient (Wildman–Crippen LogP) is 1.85. The molecule has 0 aromatic heterocycles. The van der Waals surface area contributed by atoms with Gasteiger partial charge >= 0.3 is 0 Å². The van der Waals surface area contributed by atoms with E-state index < -0.39 is 16.1 Å². The van der Waals surface area contributed by atoms with E-state index in [0.717, 1.165) is 38.9 Å². The van der Waals surface area contributed by atoms with Gasteiger partial charge < -0.3 is 10.1 Å². The van der Waals surface area contributed by atoms with Gasteiger partial charge in [0.2, 0.25) is 15.9 Å². The van der Waals surface area contributed by atoms with E-state index >= 15 is 0 Å². The van der Waals surface area contributed by atoms with Crippen LogP contribution in [-0.4, -0.2) is 74.5 Å². The van der Waals surface area contributed by atoms with Crippen LogP contribution in [0.4, 0.5) is 0 Å². The topological polar surface area (TPSA) is 79.0 Å². The Balaban J connectivity index is 1.53. The normalized spacial score (nSPS) is 26.9. The lowest BCUT2D eigenvalue weighted by atomic mass is 10.0. The smallest absolute Gasteiger partial charge is 0.243 e. The molecule has 1 aromatic rings. The van der Waals surface area contributed by atoms with Crippen molar-refractivity contribution in [3.05, 3.63) is 30.3 Å². The summed E-state index contributed by atoms with van der Waals surface area (Å²) in [6.07, 6.45) is 3.51. The third kappa shape index (κ3) is 5.78. The highest BCUT2D eigenvalue weighted by Gasteiger charge is 2.37. The van der Waals surface area contributed by atoms with Crippen LogP contribution in [0.5, 0.6) is 0 Å². The molecule has 0 spiro atoms. The molecule has 0 saturated carbocycles. The largest absolute Gasteiger partial charge is 0.373 e. The Kier molecular flexibility index (Phi) is 7.67. The van der Waals surface area contributed by atoms with Crippen molar-refractivity contribution in [1.29, 1.82) is 0 Å². The molecule has 162 valence electrons. The lowest BCUT2D eigenvalue weighted by Crippen LogP contribution is -2.52. The Labute approximate surface area is 174 Å². The average molecular weight is 424 g/mol. The van der Waals surface area contributed by atoms with Gasteiger partial charge in [0.15, 0.2) is 0 Å². The van der Waals surface area contributed by atoms with Crippen LogP contribution < -0.4 is 5.32 Å². The summed E-state index contributed by atoms with van der Waals surface area (Å²) in [5.41, 5.74) is 0. The van der Waals surface area contributed by atoms with Crippen molar-refractivity contribution in [2.75, 3.05) is 32.7 Å². The van der Waals surface area contributed by atoms with Gasteiger partial charge in [0.25, 0.3) is 0 Å². The second-order valence-corrected chi connectivity index (χ2v) is 9.99. The van der Waals surface area contributed by atoms with Crippen LogP contribution >= 0.6 is 0 Å². The lowest BCUT2D eigenvalue weighted by Gasteiger charge is -2.35. The summed E-state index contributed by atoms with van der Waals surface area (Å²) in [6.45, 7) is 7.81. The van der Waals surface area contributed by atoms with Crippen LogP contribution in [0.1, 0.15) is 39.5 Å². The van der Waals surface area contributed by atoms with Crippen molar-refractivity contribution in [1.82, 2.24) is 14.5 Å². The van der Waals surface area contributed by atoms with E-state index in [1.165, 1.54) is 4.31 Å². The average Bonchev–Trinajstić information content (AvgIpc) is 2.71. The standard InChI is InChI=1S/C21H33N3O4S/c1-17-15-23(16-18(2)28-17)13-8-12-22-21(25)20-11-6-7-14-24(20)29(26,27)19-9-4-3-5-10-19/h3-5,9-10,17-18,20H,6-8,11-16H2,1-2H3,(H,22,25). The summed E-state index contributed by atoms with van der Waals surface area (Å²) in [7, 11) is -3.67. The van der Waals surface area contributed by atoms with Gasteiger partial charge in [0, 0.05) is 32.7 Å². The zero-order valence-electron chi connectivity index (χ0n) is 17.4. The van der Waals surface area contributed by atoms with E-state index in [1.54, 1.807) is 30.3 Å². The Hall–Kier alpha value is -1.48. The molecule has 0 radical (unpaired) electrons. The molecule has 3 unspecified atom stereocenters. The number of hydrogen-bond acceptors (Lipinski definition) is 5. The highest BCUT2D eigenvalue weighted by Crippen LogP contribution is 2.25. The summed E-state index contributed by atoms with van der Waals surface area (Å²) < 4.78 is 33.2. The van der Waals surface area contributed by atoms with E-state index in [-0.39, 0.29) is 23.0 Å². The molecule has 2 saturated heterocycles. The zero-order valence-corrected chi connectivity index (χ0v) is 18.2. The van der Waals surface area contributed by atoms with Crippen LogP contribution in [0.3, 0.4) is 0 Å². The number of carbonyl (C=O) groups is 1. The van der Waals surface area contributed by atoms with E-state index in [1.807, 2.05) is 0 Å². The first-order chi connectivity index (χ1) is 13.9. The van der Waals surface area contributed by atoms with Crippen molar-refractivity contribution in [3.63, 3.8) is 0 Å². The summed E-state index contributed by atoms with van der Waals surface area (Å²) in [5.74, 6) is -0.187. The van der Waals surface area contributed by atoms with Crippen molar-refractivity contribution in [2.45, 2.75) is 62.7 Å². The number of sulfonamides is 1. The monoisotopic (exact) mass is 423 g/mol. The SMILES string of the molecule is CC1CN(CCCNC(=O)C2CCCCN2S(=O)(=O)c2ccccc2)CC(C)O1. The fourth-order valence-corrected chi connectivity index (χ4v) is 5.96. The number of carbonyl (C=O) groups excluding carboxylic acids is 1. The van der Waals surface area contributed by atoms with Gasteiger partial charge in [-0.25, -0.2) is 8.42 Å². The number of morpholine rings is 1. The van der Waals surface area contributed by atoms with E-state index in [0.29, 0.717) is 19.5 Å². The minimum Gasteiger partial charge on any atom is -0.373 e. The van der Waals surface area contributed by atoms with Crippen molar-refractivity contribution in [3.8, 4) is 0 Å². The second kappa shape index (κ2) is 10.0. The Bertz CT molecular complexity index is 761. The molecule has 1 N–H and O–H groups in total. The van der Waals surface area contributed by atoms with Gasteiger partial charge in [-0.3, -0.25) is 9.69 Å². The van der Waals surface area contributed by atoms with Crippen LogP contribution in [0.2, 0.25) is 0 Å². The maximum Gasteiger partial charge on any atom is 0.243 e. The molecule has 2 heterocycles. The fraction of sp³-hybridized carbons (Fsp3) is 0.667. The van der Waals surface area contributed by atoms with Gasteiger partial charge in [-0.1, -0.05) is 24.6 Å². The van der Waals surface area contributed by atoms with Crippen LogP contribution in [-0.2, 0) is 19.6 Å². The van der Waals surface area contributed by atoms with Crippen molar-refractivity contribution < 1.29 is 17.9 Å². The van der Waals surface area contributed by atoms with Crippen molar-refractivity contribution >= 4 is 15.9 Å². The van der Waals surface area contributed by atoms with Gasteiger partial charge in [-0.05, 0) is 45.2 Å². The Morgan fingerprint density at radius 2 is 1.83 bits per heavy atom. The van der Waals surface area contributed by atoms with Crippen LogP contribution in [0.15, 0.2) is 35.2 Å². The Morgan fingerprint density at radius 1 is 1.14 bits per heavy atom. The van der Waals surface area contributed by atoms with E-state index in [2.05, 4.69) is 24.1 Å². The maximum atomic E-state index is 13.0. The highest BCUT2D eigenvalue weighted by molar-refractivity contribution is 7.89. The summed E-state index contributed by atoms with van der Waals surface area (Å²) in [4.78, 5) is 15.4. The number of piperidine rings is 1. The molecular formula is C21H33N3O4S. The number of nitrogens with one attached hydrogen (secondary N) is 1. The van der Waals surface area contributed by atoms with Crippen molar-refractivity contribution in [2.24, 2.45) is 0 Å². The van der Waals surface area contributed by atoms with Gasteiger partial charge in [-0.2, -0.15) is 4.31 Å². The van der Waals surface area contributed by atoms with Crippen LogP contribution in [0, 0.1) is 0 Å². The van der Waals surface area contributed by atoms with Gasteiger partial charge in [-0.15, -0.1) is 0 Å². The zero-order chi connectivity index (χ0) is 20.9. The molecule has 0 bridgehead atoms. The summed E-state index contributed by atoms with van der Waals surface area (Å²) in [5, 5.41) is 2.96. The molecule has 3 rings (SSSR count). The third-order valence-corrected chi connectivity index (χ3v) is 7.47. The Morgan fingerprint density at radius 3 is 2.52 bits per heavy atom. The number of benzene rings is 1. The molecule has 7 nitrogen and oxygen atoms in total. The number of hydrogen-bond donors (Lipinski definition) is 1. The first kappa shape index (κ1) is 22.2. The number of rotatable bonds is 7. The molecular weight excluding hydrogens is 390 g/mol. The fourth-order valence-electron chi connectivity index (χ4n) is 4.28. The molecule has 1 aromatic carbocycles. The molecule has 8 heteroatoms. The van der Waals surface area contributed by atoms with E-state index in [4.69, 9.17) is 4.74 Å². The third-order valence-electron chi connectivity index (χ3n) is 5.55. The quantitative estimate of drug-likeness (QED) is 0.677. The van der Waals surface area contributed by atoms with Crippen LogP contribution in [0.25, 0.3) is 0 Å². The molecule has 1 amide bonds. The molecule has 2 aliphatic rings.